The molecule has 0 unspecified atom stereocenters. The van der Waals surface area contributed by atoms with Gasteiger partial charge in [-0.1, -0.05) is 19.1 Å². The lowest BCUT2D eigenvalue weighted by Crippen LogP contribution is -2.56. The Morgan fingerprint density at radius 3 is 2.89 bits per heavy atom. The molecule has 0 amide bonds. The predicted molar refractivity (Wildman–Crippen MR) is 80.8 cm³/mol. The molecule has 3 nitrogen and oxygen atoms in total. The second-order valence-corrected chi connectivity index (χ2v) is 5.92. The molecule has 3 rings (SSSR count). The van der Waals surface area contributed by atoms with Crippen molar-refractivity contribution in [2.75, 3.05) is 38.1 Å². The minimum atomic E-state index is 0.746. The van der Waals surface area contributed by atoms with Gasteiger partial charge in [-0.05, 0) is 36.6 Å². The third-order valence-electron chi connectivity index (χ3n) is 4.44. The summed E-state index contributed by atoms with van der Waals surface area (Å²) >= 11 is 0. The van der Waals surface area contributed by atoms with E-state index in [1.54, 1.807) is 0 Å². The topological polar surface area (TPSA) is 18.5 Å². The molecular formula is C16H25N3. The Morgan fingerprint density at radius 1 is 1.37 bits per heavy atom. The van der Waals surface area contributed by atoms with Crippen molar-refractivity contribution in [3.8, 4) is 0 Å². The molecule has 0 aromatic heterocycles. The quantitative estimate of drug-likeness (QED) is 0.871. The van der Waals surface area contributed by atoms with E-state index in [1.807, 2.05) is 0 Å². The van der Waals surface area contributed by atoms with Crippen LogP contribution in [0, 0.1) is 0 Å². The van der Waals surface area contributed by atoms with Crippen molar-refractivity contribution >= 4 is 5.69 Å². The van der Waals surface area contributed by atoms with Crippen LogP contribution in [0.25, 0.3) is 0 Å². The summed E-state index contributed by atoms with van der Waals surface area (Å²) in [4.78, 5) is 5.00. The number of anilines is 1. The molecule has 1 aromatic carbocycles. The minimum absolute atomic E-state index is 0.746. The van der Waals surface area contributed by atoms with Gasteiger partial charge in [0.05, 0.1) is 0 Å². The van der Waals surface area contributed by atoms with Crippen molar-refractivity contribution < 1.29 is 0 Å². The highest BCUT2D eigenvalue weighted by atomic mass is 15.2. The van der Waals surface area contributed by atoms with Gasteiger partial charge in [-0.25, -0.2) is 0 Å². The lowest BCUT2D eigenvalue weighted by atomic mass is 10.1. The first kappa shape index (κ1) is 12.9. The molecule has 1 fully saturated rings. The van der Waals surface area contributed by atoms with Crippen LogP contribution >= 0.6 is 0 Å². The fourth-order valence-electron chi connectivity index (χ4n) is 3.16. The van der Waals surface area contributed by atoms with Gasteiger partial charge in [0.1, 0.15) is 0 Å². The van der Waals surface area contributed by atoms with Crippen molar-refractivity contribution in [3.63, 3.8) is 0 Å². The average molecular weight is 259 g/mol. The van der Waals surface area contributed by atoms with Crippen LogP contribution in [0.15, 0.2) is 18.2 Å². The van der Waals surface area contributed by atoms with Crippen LogP contribution in [0.5, 0.6) is 0 Å². The van der Waals surface area contributed by atoms with Crippen LogP contribution in [0.2, 0.25) is 0 Å². The van der Waals surface area contributed by atoms with E-state index in [0.717, 1.165) is 25.7 Å². The molecule has 0 radical (unpaired) electrons. The van der Waals surface area contributed by atoms with Gasteiger partial charge in [0, 0.05) is 45.0 Å². The molecule has 19 heavy (non-hydrogen) atoms. The molecule has 104 valence electrons. The third-order valence-corrected chi connectivity index (χ3v) is 4.44. The molecule has 0 aliphatic carbocycles. The van der Waals surface area contributed by atoms with Gasteiger partial charge in [-0.15, -0.1) is 0 Å². The van der Waals surface area contributed by atoms with Crippen molar-refractivity contribution in [1.82, 2.24) is 10.2 Å². The van der Waals surface area contributed by atoms with Crippen LogP contribution in [0.3, 0.4) is 0 Å². The fraction of sp³-hybridized carbons (Fsp3) is 0.625. The summed E-state index contributed by atoms with van der Waals surface area (Å²) < 4.78 is 0. The van der Waals surface area contributed by atoms with Crippen molar-refractivity contribution in [2.45, 2.75) is 32.4 Å². The van der Waals surface area contributed by atoms with E-state index in [0.29, 0.717) is 0 Å². The predicted octanol–water partition coefficient (Wildman–Crippen LogP) is 1.86. The third kappa shape index (κ3) is 2.63. The summed E-state index contributed by atoms with van der Waals surface area (Å²) in [5.41, 5.74) is 4.44. The number of nitrogens with zero attached hydrogens (tertiary/aromatic N) is 2. The van der Waals surface area contributed by atoms with E-state index in [1.165, 1.54) is 42.7 Å². The van der Waals surface area contributed by atoms with E-state index >= 15 is 0 Å². The highest BCUT2D eigenvalue weighted by Gasteiger charge is 2.24. The van der Waals surface area contributed by atoms with Gasteiger partial charge in [0.15, 0.2) is 0 Å². The zero-order valence-electron chi connectivity index (χ0n) is 12.2. The van der Waals surface area contributed by atoms with Crippen LogP contribution in [0.1, 0.15) is 24.5 Å². The van der Waals surface area contributed by atoms with Crippen molar-refractivity contribution in [1.29, 1.82) is 0 Å². The van der Waals surface area contributed by atoms with Gasteiger partial charge in [0.2, 0.25) is 0 Å². The van der Waals surface area contributed by atoms with Gasteiger partial charge in [0.25, 0.3) is 0 Å². The number of likely N-dealkylation sites (N-methyl/N-ethyl adjacent to an activating group) is 1. The Morgan fingerprint density at radius 2 is 2.21 bits per heavy atom. The summed E-state index contributed by atoms with van der Waals surface area (Å²) in [6.07, 6.45) is 2.45. The van der Waals surface area contributed by atoms with E-state index in [9.17, 15) is 0 Å². The number of hydrogen-bond donors (Lipinski definition) is 1. The van der Waals surface area contributed by atoms with E-state index in [2.05, 4.69) is 47.3 Å². The van der Waals surface area contributed by atoms with Crippen LogP contribution in [-0.4, -0.2) is 44.2 Å². The first-order valence-electron chi connectivity index (χ1n) is 7.55. The summed E-state index contributed by atoms with van der Waals surface area (Å²) in [5.74, 6) is 0. The van der Waals surface area contributed by atoms with Gasteiger partial charge < -0.3 is 10.2 Å². The molecule has 1 N–H and O–H groups in total. The fourth-order valence-corrected chi connectivity index (χ4v) is 3.16. The number of fused-ring (bicyclic) bond motifs is 1. The molecule has 0 spiro atoms. The monoisotopic (exact) mass is 259 g/mol. The maximum absolute atomic E-state index is 3.39. The summed E-state index contributed by atoms with van der Waals surface area (Å²) in [6, 6.07) is 7.79. The number of hydrogen-bond acceptors (Lipinski definition) is 3. The van der Waals surface area contributed by atoms with Crippen LogP contribution in [-0.2, 0) is 13.0 Å². The lowest BCUT2D eigenvalue weighted by Gasteiger charge is -2.38. The lowest BCUT2D eigenvalue weighted by molar-refractivity contribution is 0.138. The summed E-state index contributed by atoms with van der Waals surface area (Å²) in [6.45, 7) is 8.09. The molecule has 2 heterocycles. The van der Waals surface area contributed by atoms with E-state index in [4.69, 9.17) is 0 Å². The van der Waals surface area contributed by atoms with Crippen molar-refractivity contribution in [3.05, 3.63) is 29.3 Å². The minimum Gasteiger partial charge on any atom is -0.374 e. The summed E-state index contributed by atoms with van der Waals surface area (Å²) in [7, 11) is 2.19. The first-order chi connectivity index (χ1) is 9.28. The molecule has 1 aromatic rings. The SMILES string of the molecule is CCCN(Cc1ccc2c(c1)CCN2C)C1CNC1. The second-order valence-electron chi connectivity index (χ2n) is 5.92. The van der Waals surface area contributed by atoms with Gasteiger partial charge in [-0.2, -0.15) is 0 Å². The molecule has 1 saturated heterocycles. The molecule has 2 aliphatic rings. The molecule has 2 aliphatic heterocycles. The number of rotatable bonds is 5. The molecule has 0 bridgehead atoms. The largest absolute Gasteiger partial charge is 0.374 e. The normalized spacial score (nSPS) is 18.8. The Kier molecular flexibility index (Phi) is 3.76. The average Bonchev–Trinajstić information content (AvgIpc) is 2.69. The van der Waals surface area contributed by atoms with Crippen molar-refractivity contribution in [2.24, 2.45) is 0 Å². The zero-order valence-corrected chi connectivity index (χ0v) is 12.2. The maximum atomic E-state index is 3.39. The zero-order chi connectivity index (χ0) is 13.2. The Bertz CT molecular complexity index is 440. The highest BCUT2D eigenvalue weighted by Crippen LogP contribution is 2.28. The summed E-state index contributed by atoms with van der Waals surface area (Å²) in [5, 5.41) is 3.39. The highest BCUT2D eigenvalue weighted by molar-refractivity contribution is 5.58. The second kappa shape index (κ2) is 5.51. The van der Waals surface area contributed by atoms with Crippen LogP contribution < -0.4 is 10.2 Å². The first-order valence-corrected chi connectivity index (χ1v) is 7.55. The van der Waals surface area contributed by atoms with Gasteiger partial charge >= 0.3 is 0 Å². The van der Waals surface area contributed by atoms with E-state index < -0.39 is 0 Å². The maximum Gasteiger partial charge on any atom is 0.0397 e. The Balaban J connectivity index is 1.71. The standard InChI is InChI=1S/C16H25N3/c1-3-7-19(15-10-17-11-15)12-13-4-5-16-14(9-13)6-8-18(16)2/h4-5,9,15,17H,3,6-8,10-12H2,1-2H3. The number of benzene rings is 1. The molecular weight excluding hydrogens is 234 g/mol. The Hall–Kier alpha value is -1.06. The van der Waals surface area contributed by atoms with Crippen LogP contribution in [0.4, 0.5) is 5.69 Å². The van der Waals surface area contributed by atoms with Gasteiger partial charge in [-0.3, -0.25) is 4.90 Å². The number of nitrogens with one attached hydrogen (secondary N) is 1. The smallest absolute Gasteiger partial charge is 0.0397 e. The molecule has 0 saturated carbocycles. The Labute approximate surface area is 116 Å². The molecule has 3 heteroatoms. The molecule has 0 atom stereocenters. The van der Waals surface area contributed by atoms with E-state index in [-0.39, 0.29) is 0 Å².